The van der Waals surface area contributed by atoms with Crippen molar-refractivity contribution in [2.24, 2.45) is 0 Å². The number of hydrogen-bond acceptors (Lipinski definition) is 5. The SMILES string of the molecule is COc1ccc2c(c1)CCCN2C(=O)c1ccc(N2C[C@@H](C)O[C@@H](C)C2)nc1. The van der Waals surface area contributed by atoms with Crippen molar-refractivity contribution >= 4 is 17.4 Å². The second-order valence-electron chi connectivity index (χ2n) is 7.62. The van der Waals surface area contributed by atoms with Gasteiger partial charge in [0.25, 0.3) is 5.91 Å². The van der Waals surface area contributed by atoms with Crippen LogP contribution in [0.5, 0.6) is 5.75 Å². The summed E-state index contributed by atoms with van der Waals surface area (Å²) in [6.07, 6.45) is 3.95. The van der Waals surface area contributed by atoms with Gasteiger partial charge in [0.2, 0.25) is 0 Å². The lowest BCUT2D eigenvalue weighted by Gasteiger charge is -2.36. The molecular weight excluding hydrogens is 354 g/mol. The predicted octanol–water partition coefficient (Wildman–Crippen LogP) is 3.30. The molecule has 2 atom stereocenters. The Morgan fingerprint density at radius 3 is 2.64 bits per heavy atom. The first-order valence-electron chi connectivity index (χ1n) is 9.90. The minimum Gasteiger partial charge on any atom is -0.497 e. The monoisotopic (exact) mass is 381 g/mol. The van der Waals surface area contributed by atoms with Crippen LogP contribution < -0.4 is 14.5 Å². The summed E-state index contributed by atoms with van der Waals surface area (Å²) in [5, 5.41) is 0. The zero-order chi connectivity index (χ0) is 19.7. The van der Waals surface area contributed by atoms with Crippen LogP contribution in [-0.4, -0.2) is 49.8 Å². The van der Waals surface area contributed by atoms with Gasteiger partial charge < -0.3 is 19.3 Å². The van der Waals surface area contributed by atoms with Crippen LogP contribution >= 0.6 is 0 Å². The van der Waals surface area contributed by atoms with Crippen molar-refractivity contribution in [2.45, 2.75) is 38.9 Å². The number of carbonyl (C=O) groups is 1. The smallest absolute Gasteiger partial charge is 0.259 e. The molecule has 1 amide bonds. The van der Waals surface area contributed by atoms with Crippen LogP contribution in [0.1, 0.15) is 36.2 Å². The fourth-order valence-corrected chi connectivity index (χ4v) is 4.13. The van der Waals surface area contributed by atoms with E-state index in [0.717, 1.165) is 55.3 Å². The van der Waals surface area contributed by atoms with E-state index in [-0.39, 0.29) is 18.1 Å². The molecule has 2 aliphatic rings. The summed E-state index contributed by atoms with van der Waals surface area (Å²) in [4.78, 5) is 21.8. The normalized spacial score (nSPS) is 22.0. The molecule has 6 heteroatoms. The molecule has 0 N–H and O–H groups in total. The number of aromatic nitrogens is 1. The van der Waals surface area contributed by atoms with Crippen molar-refractivity contribution in [2.75, 3.05) is 36.5 Å². The number of morpholine rings is 1. The molecule has 3 heterocycles. The minimum atomic E-state index is -0.00567. The summed E-state index contributed by atoms with van der Waals surface area (Å²) in [7, 11) is 1.66. The van der Waals surface area contributed by atoms with Crippen molar-refractivity contribution < 1.29 is 14.3 Å². The highest BCUT2D eigenvalue weighted by Gasteiger charge is 2.26. The van der Waals surface area contributed by atoms with Crippen molar-refractivity contribution in [3.05, 3.63) is 47.7 Å². The van der Waals surface area contributed by atoms with Gasteiger partial charge in [-0.1, -0.05) is 0 Å². The number of pyridine rings is 1. The average molecular weight is 381 g/mol. The fraction of sp³-hybridized carbons (Fsp3) is 0.455. The quantitative estimate of drug-likeness (QED) is 0.817. The molecule has 2 aliphatic heterocycles. The lowest BCUT2D eigenvalue weighted by Crippen LogP contribution is -2.45. The first kappa shape index (κ1) is 18.7. The maximum Gasteiger partial charge on any atom is 0.259 e. The van der Waals surface area contributed by atoms with E-state index in [2.05, 4.69) is 23.7 Å². The van der Waals surface area contributed by atoms with Crippen LogP contribution in [0.2, 0.25) is 0 Å². The number of aryl methyl sites for hydroxylation is 1. The molecule has 4 rings (SSSR count). The molecule has 0 saturated carbocycles. The van der Waals surface area contributed by atoms with Crippen LogP contribution in [0.15, 0.2) is 36.5 Å². The van der Waals surface area contributed by atoms with Crippen LogP contribution in [-0.2, 0) is 11.2 Å². The second kappa shape index (κ2) is 7.80. The van der Waals surface area contributed by atoms with Crippen LogP contribution in [0, 0.1) is 0 Å². The summed E-state index contributed by atoms with van der Waals surface area (Å²) in [5.41, 5.74) is 2.73. The Balaban J connectivity index is 1.53. The Kier molecular flexibility index (Phi) is 5.22. The van der Waals surface area contributed by atoms with E-state index in [4.69, 9.17) is 9.47 Å². The van der Waals surface area contributed by atoms with Gasteiger partial charge in [0.05, 0.1) is 24.9 Å². The molecule has 0 aliphatic carbocycles. The molecule has 0 spiro atoms. The molecule has 1 fully saturated rings. The number of rotatable bonds is 3. The zero-order valence-corrected chi connectivity index (χ0v) is 16.7. The molecule has 28 heavy (non-hydrogen) atoms. The number of nitrogens with zero attached hydrogens (tertiary/aromatic N) is 3. The van der Waals surface area contributed by atoms with E-state index >= 15 is 0 Å². The Morgan fingerprint density at radius 2 is 1.96 bits per heavy atom. The summed E-state index contributed by atoms with van der Waals surface area (Å²) in [6.45, 7) is 6.49. The van der Waals surface area contributed by atoms with Gasteiger partial charge in [0.1, 0.15) is 11.6 Å². The summed E-state index contributed by atoms with van der Waals surface area (Å²) in [5.74, 6) is 1.71. The number of methoxy groups -OCH3 is 1. The van der Waals surface area contributed by atoms with E-state index < -0.39 is 0 Å². The number of hydrogen-bond donors (Lipinski definition) is 0. The van der Waals surface area contributed by atoms with Crippen LogP contribution in [0.4, 0.5) is 11.5 Å². The third-order valence-electron chi connectivity index (χ3n) is 5.39. The lowest BCUT2D eigenvalue weighted by atomic mass is 10.0. The Labute approximate surface area is 166 Å². The minimum absolute atomic E-state index is 0.00567. The van der Waals surface area contributed by atoms with E-state index in [1.165, 1.54) is 0 Å². The number of benzene rings is 1. The van der Waals surface area contributed by atoms with Crippen LogP contribution in [0.3, 0.4) is 0 Å². The Hall–Kier alpha value is -2.60. The predicted molar refractivity (Wildman–Crippen MR) is 109 cm³/mol. The highest BCUT2D eigenvalue weighted by molar-refractivity contribution is 6.06. The number of anilines is 2. The maximum atomic E-state index is 13.1. The number of carbonyl (C=O) groups excluding carboxylic acids is 1. The van der Waals surface area contributed by atoms with Gasteiger partial charge in [-0.15, -0.1) is 0 Å². The Bertz CT molecular complexity index is 843. The molecule has 1 aromatic carbocycles. The van der Waals surface area contributed by atoms with Crippen LogP contribution in [0.25, 0.3) is 0 Å². The van der Waals surface area contributed by atoms with Crippen molar-refractivity contribution in [3.8, 4) is 5.75 Å². The Morgan fingerprint density at radius 1 is 1.18 bits per heavy atom. The van der Waals surface area contributed by atoms with E-state index in [1.54, 1.807) is 13.3 Å². The van der Waals surface area contributed by atoms with Gasteiger partial charge in [0.15, 0.2) is 0 Å². The fourth-order valence-electron chi connectivity index (χ4n) is 4.13. The second-order valence-corrected chi connectivity index (χ2v) is 7.62. The molecule has 2 aromatic rings. The maximum absolute atomic E-state index is 13.1. The number of amides is 1. The van der Waals surface area contributed by atoms with E-state index in [1.807, 2.05) is 35.2 Å². The molecule has 0 radical (unpaired) electrons. The van der Waals surface area contributed by atoms with Gasteiger partial charge in [-0.2, -0.15) is 0 Å². The molecule has 1 saturated heterocycles. The van der Waals surface area contributed by atoms with Gasteiger partial charge in [-0.3, -0.25) is 4.79 Å². The molecule has 0 bridgehead atoms. The molecule has 148 valence electrons. The third kappa shape index (κ3) is 3.69. The molecule has 6 nitrogen and oxygen atoms in total. The third-order valence-corrected chi connectivity index (χ3v) is 5.39. The highest BCUT2D eigenvalue weighted by atomic mass is 16.5. The van der Waals surface area contributed by atoms with Gasteiger partial charge >= 0.3 is 0 Å². The van der Waals surface area contributed by atoms with Crippen molar-refractivity contribution in [1.82, 2.24) is 4.98 Å². The van der Waals surface area contributed by atoms with Gasteiger partial charge in [-0.05, 0) is 62.6 Å². The average Bonchev–Trinajstić information content (AvgIpc) is 2.71. The molecule has 0 unspecified atom stereocenters. The van der Waals surface area contributed by atoms with Gasteiger partial charge in [-0.25, -0.2) is 4.98 Å². The first-order chi connectivity index (χ1) is 13.5. The van der Waals surface area contributed by atoms with E-state index in [9.17, 15) is 4.79 Å². The molecular formula is C22H27N3O3. The summed E-state index contributed by atoms with van der Waals surface area (Å²) in [6, 6.07) is 9.73. The van der Waals surface area contributed by atoms with E-state index in [0.29, 0.717) is 5.56 Å². The number of ether oxygens (including phenoxy) is 2. The van der Waals surface area contributed by atoms with Crippen molar-refractivity contribution in [3.63, 3.8) is 0 Å². The molecule has 1 aromatic heterocycles. The van der Waals surface area contributed by atoms with Crippen molar-refractivity contribution in [1.29, 1.82) is 0 Å². The summed E-state index contributed by atoms with van der Waals surface area (Å²) >= 11 is 0. The lowest BCUT2D eigenvalue weighted by molar-refractivity contribution is -0.00546. The highest BCUT2D eigenvalue weighted by Crippen LogP contribution is 2.31. The number of fused-ring (bicyclic) bond motifs is 1. The topological polar surface area (TPSA) is 54.9 Å². The summed E-state index contributed by atoms with van der Waals surface area (Å²) < 4.78 is 11.1. The first-order valence-corrected chi connectivity index (χ1v) is 9.90. The van der Waals surface area contributed by atoms with Gasteiger partial charge in [0, 0.05) is 31.5 Å². The zero-order valence-electron chi connectivity index (χ0n) is 16.7. The standard InChI is InChI=1S/C22H27N3O3/c1-15-13-24(14-16(2)28-15)21-9-6-18(12-23-21)22(26)25-10-4-5-17-11-19(27-3)7-8-20(17)25/h6-9,11-12,15-16H,4-5,10,13-14H2,1-3H3/t15-,16+. The largest absolute Gasteiger partial charge is 0.497 e.